The summed E-state index contributed by atoms with van der Waals surface area (Å²) in [7, 11) is 0. The number of phenols is 1. The van der Waals surface area contributed by atoms with Crippen LogP contribution in [-0.2, 0) is 0 Å². The molecule has 2 N–H and O–H groups in total. The summed E-state index contributed by atoms with van der Waals surface area (Å²) in [6.45, 7) is 1.69. The van der Waals surface area contributed by atoms with Crippen molar-refractivity contribution >= 4 is 5.69 Å². The van der Waals surface area contributed by atoms with Crippen molar-refractivity contribution in [3.63, 3.8) is 0 Å². The van der Waals surface area contributed by atoms with Crippen molar-refractivity contribution in [3.05, 3.63) is 24.3 Å². The summed E-state index contributed by atoms with van der Waals surface area (Å²) in [5, 5.41) is 18.6. The van der Waals surface area contributed by atoms with Crippen LogP contribution in [0.15, 0.2) is 24.3 Å². The molecular weight excluding hydrogens is 178 g/mol. The number of β-amino-alcohol motifs (C(OH)–C–C–N with tert-alkyl or cyclic N) is 1. The van der Waals surface area contributed by atoms with E-state index in [0.717, 1.165) is 25.1 Å². The predicted octanol–water partition coefficient (Wildman–Crippen LogP) is 1.35. The molecule has 1 atom stereocenters. The van der Waals surface area contributed by atoms with E-state index in [9.17, 15) is 5.11 Å². The smallest absolute Gasteiger partial charge is 0.115 e. The maximum atomic E-state index is 9.50. The molecule has 3 heteroatoms. The van der Waals surface area contributed by atoms with Crippen LogP contribution in [0.3, 0.4) is 0 Å². The van der Waals surface area contributed by atoms with Crippen molar-refractivity contribution in [2.24, 2.45) is 0 Å². The van der Waals surface area contributed by atoms with Gasteiger partial charge in [0.1, 0.15) is 5.75 Å². The molecule has 1 aliphatic rings. The highest BCUT2D eigenvalue weighted by molar-refractivity contribution is 5.49. The number of anilines is 1. The molecular formula is C11H15NO2. The van der Waals surface area contributed by atoms with Crippen molar-refractivity contribution in [2.45, 2.75) is 18.9 Å². The van der Waals surface area contributed by atoms with Crippen molar-refractivity contribution in [1.82, 2.24) is 0 Å². The molecule has 0 saturated carbocycles. The Morgan fingerprint density at radius 2 is 1.93 bits per heavy atom. The molecule has 1 aromatic rings. The van der Waals surface area contributed by atoms with Gasteiger partial charge >= 0.3 is 0 Å². The van der Waals surface area contributed by atoms with E-state index in [-0.39, 0.29) is 11.9 Å². The van der Waals surface area contributed by atoms with Crippen molar-refractivity contribution in [1.29, 1.82) is 0 Å². The number of aromatic hydroxyl groups is 1. The molecule has 0 amide bonds. The first-order valence-electron chi connectivity index (χ1n) is 4.98. The highest BCUT2D eigenvalue weighted by Gasteiger charge is 2.17. The van der Waals surface area contributed by atoms with Crippen LogP contribution in [0.1, 0.15) is 12.8 Å². The molecule has 0 radical (unpaired) electrons. The van der Waals surface area contributed by atoms with Gasteiger partial charge in [-0.2, -0.15) is 0 Å². The summed E-state index contributed by atoms with van der Waals surface area (Å²) in [5.74, 6) is 0.284. The largest absolute Gasteiger partial charge is 0.508 e. The predicted molar refractivity (Wildman–Crippen MR) is 55.6 cm³/mol. The third-order valence-corrected chi connectivity index (χ3v) is 2.61. The molecule has 0 aromatic heterocycles. The van der Waals surface area contributed by atoms with E-state index in [1.807, 2.05) is 12.1 Å². The maximum Gasteiger partial charge on any atom is 0.115 e. The Morgan fingerprint density at radius 1 is 1.21 bits per heavy atom. The van der Waals surface area contributed by atoms with Crippen LogP contribution in [0.4, 0.5) is 5.69 Å². The van der Waals surface area contributed by atoms with Crippen molar-refractivity contribution < 1.29 is 10.2 Å². The van der Waals surface area contributed by atoms with Gasteiger partial charge in [0, 0.05) is 18.8 Å². The van der Waals surface area contributed by atoms with Crippen LogP contribution in [0.5, 0.6) is 5.75 Å². The standard InChI is InChI=1S/C11H15NO2/c13-10-5-3-9(4-6-10)12-7-1-2-11(14)8-12/h3-6,11,13-14H,1-2,7-8H2/t11-/m1/s1. The average molecular weight is 193 g/mol. The average Bonchev–Trinajstić information content (AvgIpc) is 2.19. The number of nitrogens with zero attached hydrogens (tertiary/aromatic N) is 1. The zero-order valence-corrected chi connectivity index (χ0v) is 8.06. The zero-order valence-electron chi connectivity index (χ0n) is 8.06. The third kappa shape index (κ3) is 1.99. The Bertz CT molecular complexity index is 297. The molecule has 76 valence electrons. The van der Waals surface area contributed by atoms with Crippen molar-refractivity contribution in [3.8, 4) is 5.75 Å². The fourth-order valence-electron chi connectivity index (χ4n) is 1.85. The van der Waals surface area contributed by atoms with Crippen LogP contribution >= 0.6 is 0 Å². The summed E-state index contributed by atoms with van der Waals surface area (Å²) in [6, 6.07) is 7.12. The van der Waals surface area contributed by atoms with Gasteiger partial charge in [-0.15, -0.1) is 0 Å². The number of benzene rings is 1. The summed E-state index contributed by atoms with van der Waals surface area (Å²) < 4.78 is 0. The summed E-state index contributed by atoms with van der Waals surface area (Å²) in [4.78, 5) is 2.15. The van der Waals surface area contributed by atoms with E-state index in [1.54, 1.807) is 12.1 Å². The Labute approximate surface area is 83.6 Å². The lowest BCUT2D eigenvalue weighted by Gasteiger charge is -2.31. The Morgan fingerprint density at radius 3 is 2.57 bits per heavy atom. The molecule has 1 heterocycles. The minimum absolute atomic E-state index is 0.211. The molecule has 14 heavy (non-hydrogen) atoms. The quantitative estimate of drug-likeness (QED) is 0.707. The topological polar surface area (TPSA) is 43.7 Å². The molecule has 1 fully saturated rings. The van der Waals surface area contributed by atoms with Gasteiger partial charge < -0.3 is 15.1 Å². The van der Waals surface area contributed by atoms with E-state index in [1.165, 1.54) is 0 Å². The lowest BCUT2D eigenvalue weighted by Crippen LogP contribution is -2.38. The van der Waals surface area contributed by atoms with Crippen LogP contribution in [0.25, 0.3) is 0 Å². The van der Waals surface area contributed by atoms with Crippen LogP contribution in [0.2, 0.25) is 0 Å². The normalized spacial score (nSPS) is 22.4. The van der Waals surface area contributed by atoms with Crippen LogP contribution in [0, 0.1) is 0 Å². The Kier molecular flexibility index (Phi) is 2.59. The summed E-state index contributed by atoms with van der Waals surface area (Å²) >= 11 is 0. The molecule has 0 spiro atoms. The number of phenolic OH excluding ortho intramolecular Hbond substituents is 1. The van der Waals surface area contributed by atoms with Crippen LogP contribution < -0.4 is 4.90 Å². The second-order valence-electron chi connectivity index (χ2n) is 3.76. The fraction of sp³-hybridized carbons (Fsp3) is 0.455. The number of aliphatic hydroxyl groups is 1. The summed E-state index contributed by atoms with van der Waals surface area (Å²) in [6.07, 6.45) is 1.72. The Balaban J connectivity index is 2.10. The van der Waals surface area contributed by atoms with E-state index < -0.39 is 0 Å². The van der Waals surface area contributed by atoms with E-state index in [2.05, 4.69) is 4.90 Å². The lowest BCUT2D eigenvalue weighted by molar-refractivity contribution is 0.154. The van der Waals surface area contributed by atoms with Gasteiger partial charge in [0.05, 0.1) is 6.10 Å². The second kappa shape index (κ2) is 3.88. The number of hydrogen-bond acceptors (Lipinski definition) is 3. The van der Waals surface area contributed by atoms with Crippen LogP contribution in [-0.4, -0.2) is 29.4 Å². The molecule has 0 unspecified atom stereocenters. The lowest BCUT2D eigenvalue weighted by atomic mass is 10.1. The number of rotatable bonds is 1. The van der Waals surface area contributed by atoms with Gasteiger partial charge in [0.2, 0.25) is 0 Å². The van der Waals surface area contributed by atoms with Gasteiger partial charge in [0.15, 0.2) is 0 Å². The first-order chi connectivity index (χ1) is 6.75. The zero-order chi connectivity index (χ0) is 9.97. The second-order valence-corrected chi connectivity index (χ2v) is 3.76. The molecule has 0 aliphatic carbocycles. The molecule has 1 aromatic carbocycles. The molecule has 3 nitrogen and oxygen atoms in total. The minimum Gasteiger partial charge on any atom is -0.508 e. The van der Waals surface area contributed by atoms with Gasteiger partial charge in [-0.3, -0.25) is 0 Å². The summed E-state index contributed by atoms with van der Waals surface area (Å²) in [5.41, 5.74) is 1.07. The SMILES string of the molecule is Oc1ccc(N2CCC[C@@H](O)C2)cc1. The van der Waals surface area contributed by atoms with E-state index in [0.29, 0.717) is 6.54 Å². The maximum absolute atomic E-state index is 9.50. The highest BCUT2D eigenvalue weighted by atomic mass is 16.3. The molecule has 1 saturated heterocycles. The van der Waals surface area contributed by atoms with Gasteiger partial charge in [0.25, 0.3) is 0 Å². The monoisotopic (exact) mass is 193 g/mol. The highest BCUT2D eigenvalue weighted by Crippen LogP contribution is 2.22. The third-order valence-electron chi connectivity index (χ3n) is 2.61. The van der Waals surface area contributed by atoms with Gasteiger partial charge in [-0.25, -0.2) is 0 Å². The number of hydrogen-bond donors (Lipinski definition) is 2. The molecule has 1 aliphatic heterocycles. The minimum atomic E-state index is -0.211. The van der Waals surface area contributed by atoms with E-state index in [4.69, 9.17) is 5.11 Å². The van der Waals surface area contributed by atoms with Gasteiger partial charge in [-0.05, 0) is 37.1 Å². The number of aliphatic hydroxyl groups excluding tert-OH is 1. The van der Waals surface area contributed by atoms with Crippen molar-refractivity contribution in [2.75, 3.05) is 18.0 Å². The molecule has 0 bridgehead atoms. The first-order valence-corrected chi connectivity index (χ1v) is 4.98. The van der Waals surface area contributed by atoms with Gasteiger partial charge in [-0.1, -0.05) is 0 Å². The molecule has 2 rings (SSSR count). The fourth-order valence-corrected chi connectivity index (χ4v) is 1.85. The first kappa shape index (κ1) is 9.34. The number of piperidine rings is 1. The van der Waals surface area contributed by atoms with E-state index >= 15 is 0 Å². The Hall–Kier alpha value is -1.22.